The zero-order valence-corrected chi connectivity index (χ0v) is 13.9. The molecule has 11 heteroatoms. The molecule has 0 saturated carbocycles. The van der Waals surface area contributed by atoms with Crippen molar-refractivity contribution >= 4 is 23.2 Å². The molecule has 3 rings (SSSR count). The highest BCUT2D eigenvalue weighted by molar-refractivity contribution is 6.04. The van der Waals surface area contributed by atoms with Gasteiger partial charge in [-0.25, -0.2) is 9.59 Å². The number of anilines is 3. The van der Waals surface area contributed by atoms with Crippen LogP contribution in [0.15, 0.2) is 58.1 Å². The summed E-state index contributed by atoms with van der Waals surface area (Å²) >= 11 is 0. The predicted octanol–water partition coefficient (Wildman–Crippen LogP) is 2.47. The Balaban J connectivity index is 1.68. The van der Waals surface area contributed by atoms with E-state index in [4.69, 9.17) is 0 Å². The number of carbonyl (C=O) groups excluding carboxylic acids is 1. The number of rotatable bonds is 4. The molecule has 0 aliphatic rings. The highest BCUT2D eigenvalue weighted by Gasteiger charge is 2.29. The summed E-state index contributed by atoms with van der Waals surface area (Å²) < 4.78 is 37.6. The lowest BCUT2D eigenvalue weighted by atomic mass is 10.1. The van der Waals surface area contributed by atoms with Crippen molar-refractivity contribution in [2.24, 2.45) is 0 Å². The molecule has 3 aromatic rings. The number of amides is 1. The quantitative estimate of drug-likeness (QED) is 0.545. The van der Waals surface area contributed by atoms with E-state index in [0.29, 0.717) is 5.69 Å². The molecule has 0 saturated heterocycles. The molecule has 0 spiro atoms. The van der Waals surface area contributed by atoms with E-state index in [9.17, 15) is 27.6 Å². The zero-order valence-electron chi connectivity index (χ0n) is 13.9. The molecule has 0 aliphatic carbocycles. The molecule has 0 aliphatic heterocycles. The monoisotopic (exact) mass is 391 g/mol. The van der Waals surface area contributed by atoms with Crippen LogP contribution in [-0.2, 0) is 6.18 Å². The number of H-pyrrole nitrogens is 2. The van der Waals surface area contributed by atoms with Crippen molar-refractivity contribution in [3.05, 3.63) is 80.6 Å². The van der Waals surface area contributed by atoms with Crippen LogP contribution >= 0.6 is 0 Å². The Morgan fingerprint density at radius 3 is 2.07 bits per heavy atom. The van der Waals surface area contributed by atoms with Crippen LogP contribution < -0.4 is 22.0 Å². The summed E-state index contributed by atoms with van der Waals surface area (Å²) in [5, 5.41) is 5.19. The number of hydrogen-bond acceptors (Lipinski definition) is 5. The molecule has 1 aromatic heterocycles. The maximum atomic E-state index is 12.5. The molecular formula is C17H12F3N5O3. The van der Waals surface area contributed by atoms with Gasteiger partial charge in [-0.15, -0.1) is 0 Å². The molecule has 0 fully saturated rings. The van der Waals surface area contributed by atoms with Crippen LogP contribution in [0.25, 0.3) is 0 Å². The third-order valence-corrected chi connectivity index (χ3v) is 3.55. The number of benzene rings is 2. The Kier molecular flexibility index (Phi) is 4.98. The minimum atomic E-state index is -4.45. The maximum Gasteiger partial charge on any atom is 0.416 e. The molecule has 0 atom stereocenters. The summed E-state index contributed by atoms with van der Waals surface area (Å²) in [7, 11) is 0. The SMILES string of the molecule is O=C(Nc1ccc(C(F)(F)F)cc1)c1ccc(Nc2nc(=O)[nH]c(=O)[nH]2)cc1. The van der Waals surface area contributed by atoms with Gasteiger partial charge in [-0.2, -0.15) is 18.2 Å². The lowest BCUT2D eigenvalue weighted by Crippen LogP contribution is -2.25. The van der Waals surface area contributed by atoms with E-state index < -0.39 is 29.0 Å². The Morgan fingerprint density at radius 2 is 1.50 bits per heavy atom. The van der Waals surface area contributed by atoms with Crippen molar-refractivity contribution in [1.82, 2.24) is 15.0 Å². The average molecular weight is 391 g/mol. The molecule has 144 valence electrons. The summed E-state index contributed by atoms with van der Waals surface area (Å²) in [4.78, 5) is 42.3. The van der Waals surface area contributed by atoms with Crippen LogP contribution in [0.4, 0.5) is 30.5 Å². The molecule has 0 unspecified atom stereocenters. The van der Waals surface area contributed by atoms with E-state index in [2.05, 4.69) is 20.6 Å². The van der Waals surface area contributed by atoms with Crippen LogP contribution in [0.5, 0.6) is 0 Å². The molecule has 1 amide bonds. The number of alkyl halides is 3. The Labute approximate surface area is 154 Å². The average Bonchev–Trinajstić information content (AvgIpc) is 2.61. The summed E-state index contributed by atoms with van der Waals surface area (Å²) in [5.41, 5.74) is -1.45. The van der Waals surface area contributed by atoms with E-state index in [1.165, 1.54) is 24.3 Å². The van der Waals surface area contributed by atoms with Gasteiger partial charge >= 0.3 is 17.6 Å². The summed E-state index contributed by atoms with van der Waals surface area (Å²) in [6.45, 7) is 0. The van der Waals surface area contributed by atoms with Crippen molar-refractivity contribution in [3.8, 4) is 0 Å². The largest absolute Gasteiger partial charge is 0.416 e. The Hall–Kier alpha value is -3.89. The number of halogens is 3. The first-order valence-electron chi connectivity index (χ1n) is 7.77. The predicted molar refractivity (Wildman–Crippen MR) is 94.6 cm³/mol. The second kappa shape index (κ2) is 7.39. The van der Waals surface area contributed by atoms with E-state index in [1.807, 2.05) is 4.98 Å². The molecule has 0 radical (unpaired) electrons. The van der Waals surface area contributed by atoms with Crippen molar-refractivity contribution in [3.63, 3.8) is 0 Å². The summed E-state index contributed by atoms with van der Waals surface area (Å²) in [5.74, 6) is -0.593. The van der Waals surface area contributed by atoms with E-state index >= 15 is 0 Å². The van der Waals surface area contributed by atoms with Gasteiger partial charge in [-0.1, -0.05) is 0 Å². The Morgan fingerprint density at radius 1 is 0.893 bits per heavy atom. The topological polar surface area (TPSA) is 120 Å². The lowest BCUT2D eigenvalue weighted by Gasteiger charge is -2.09. The third-order valence-electron chi connectivity index (χ3n) is 3.55. The number of hydrogen-bond donors (Lipinski definition) is 4. The van der Waals surface area contributed by atoms with Gasteiger partial charge in [0.05, 0.1) is 5.56 Å². The van der Waals surface area contributed by atoms with Crippen LogP contribution in [-0.4, -0.2) is 20.9 Å². The minimum Gasteiger partial charge on any atom is -0.326 e. The summed E-state index contributed by atoms with van der Waals surface area (Å²) in [6.07, 6.45) is -4.45. The van der Waals surface area contributed by atoms with Gasteiger partial charge in [-0.05, 0) is 48.5 Å². The van der Waals surface area contributed by atoms with Crippen LogP contribution in [0.3, 0.4) is 0 Å². The van der Waals surface area contributed by atoms with Gasteiger partial charge in [0.25, 0.3) is 5.91 Å². The molecule has 8 nitrogen and oxygen atoms in total. The van der Waals surface area contributed by atoms with Crippen LogP contribution in [0, 0.1) is 0 Å². The first kappa shape index (κ1) is 18.9. The van der Waals surface area contributed by atoms with Gasteiger partial charge in [0.15, 0.2) is 0 Å². The highest BCUT2D eigenvalue weighted by Crippen LogP contribution is 2.29. The number of aromatic amines is 2. The fourth-order valence-corrected chi connectivity index (χ4v) is 2.24. The third kappa shape index (κ3) is 4.63. The normalized spacial score (nSPS) is 11.1. The van der Waals surface area contributed by atoms with Crippen molar-refractivity contribution in [1.29, 1.82) is 0 Å². The smallest absolute Gasteiger partial charge is 0.326 e. The first-order valence-corrected chi connectivity index (χ1v) is 7.77. The van der Waals surface area contributed by atoms with E-state index in [1.54, 1.807) is 0 Å². The van der Waals surface area contributed by atoms with E-state index in [-0.39, 0.29) is 17.2 Å². The van der Waals surface area contributed by atoms with Crippen molar-refractivity contribution in [2.75, 3.05) is 10.6 Å². The maximum absolute atomic E-state index is 12.5. The number of nitrogens with one attached hydrogen (secondary N) is 4. The first-order chi connectivity index (χ1) is 13.2. The van der Waals surface area contributed by atoms with Crippen molar-refractivity contribution < 1.29 is 18.0 Å². The second-order valence-corrected chi connectivity index (χ2v) is 5.58. The number of carbonyl (C=O) groups is 1. The standard InChI is InChI=1S/C17H12F3N5O3/c18-17(19,20)10-3-7-11(8-4-10)21-13(26)9-1-5-12(6-2-9)22-14-23-15(27)25-16(28)24-14/h1-8H,(H,21,26)(H3,22,23,24,25,27,28). The molecule has 4 N–H and O–H groups in total. The Bertz CT molecular complexity index is 1070. The minimum absolute atomic E-state index is 0.0734. The van der Waals surface area contributed by atoms with Gasteiger partial charge < -0.3 is 10.6 Å². The second-order valence-electron chi connectivity index (χ2n) is 5.58. The lowest BCUT2D eigenvalue weighted by molar-refractivity contribution is -0.137. The van der Waals surface area contributed by atoms with Crippen LogP contribution in [0.2, 0.25) is 0 Å². The van der Waals surface area contributed by atoms with E-state index in [0.717, 1.165) is 24.3 Å². The number of nitrogens with zero attached hydrogens (tertiary/aromatic N) is 1. The van der Waals surface area contributed by atoms with Gasteiger partial charge in [-0.3, -0.25) is 14.8 Å². The zero-order chi connectivity index (χ0) is 20.3. The molecule has 2 aromatic carbocycles. The molecule has 0 bridgehead atoms. The molecular weight excluding hydrogens is 379 g/mol. The number of aromatic nitrogens is 3. The fraction of sp³-hybridized carbons (Fsp3) is 0.0588. The van der Waals surface area contributed by atoms with Crippen molar-refractivity contribution in [2.45, 2.75) is 6.18 Å². The highest BCUT2D eigenvalue weighted by atomic mass is 19.4. The summed E-state index contributed by atoms with van der Waals surface area (Å²) in [6, 6.07) is 9.97. The van der Waals surface area contributed by atoms with Crippen LogP contribution in [0.1, 0.15) is 15.9 Å². The molecule has 28 heavy (non-hydrogen) atoms. The van der Waals surface area contributed by atoms with Gasteiger partial charge in [0, 0.05) is 16.9 Å². The van der Waals surface area contributed by atoms with Gasteiger partial charge in [0.2, 0.25) is 5.95 Å². The van der Waals surface area contributed by atoms with Gasteiger partial charge in [0.1, 0.15) is 0 Å². The molecule has 1 heterocycles. The fourth-order valence-electron chi connectivity index (χ4n) is 2.24.